The van der Waals surface area contributed by atoms with Gasteiger partial charge in [-0.15, -0.1) is 0 Å². The van der Waals surface area contributed by atoms with Crippen LogP contribution in [0.3, 0.4) is 0 Å². The maximum absolute atomic E-state index is 13.3. The van der Waals surface area contributed by atoms with Crippen LogP contribution in [0.25, 0.3) is 0 Å². The second kappa shape index (κ2) is 16.8. The van der Waals surface area contributed by atoms with E-state index in [9.17, 15) is 9.59 Å². The Morgan fingerprint density at radius 2 is 1.85 bits per heavy atom. The summed E-state index contributed by atoms with van der Waals surface area (Å²) in [5.74, 6) is -0.644. The van der Waals surface area contributed by atoms with E-state index in [1.54, 1.807) is 18.2 Å². The molecule has 0 bridgehead atoms. The Morgan fingerprint density at radius 3 is 2.56 bits per heavy atom. The van der Waals surface area contributed by atoms with Crippen molar-refractivity contribution in [2.24, 2.45) is 11.8 Å². The number of aliphatic carboxylic acids is 1. The van der Waals surface area contributed by atoms with E-state index in [0.29, 0.717) is 43.2 Å². The highest BCUT2D eigenvalue weighted by Crippen LogP contribution is 2.37. The lowest BCUT2D eigenvalue weighted by molar-refractivity contribution is -0.195. The Hall–Kier alpha value is -2.49. The molecule has 9 heteroatoms. The number of carboxylic acid groups (broad SMARTS) is 1. The van der Waals surface area contributed by atoms with Gasteiger partial charge in [-0.05, 0) is 69.6 Å². The molecule has 1 N–H and O–H groups in total. The maximum atomic E-state index is 13.3. The highest BCUT2D eigenvalue weighted by Gasteiger charge is 2.42. The number of halogens is 1. The summed E-state index contributed by atoms with van der Waals surface area (Å²) in [6.07, 6.45) is 16.4. The molecule has 0 amide bonds. The number of Topliss-reactive ketones (excluding diaryl/α,β-unsaturated/α-hetero) is 1. The van der Waals surface area contributed by atoms with Gasteiger partial charge in [0.05, 0.1) is 6.10 Å². The molecule has 2 saturated heterocycles. The van der Waals surface area contributed by atoms with Gasteiger partial charge in [-0.3, -0.25) is 4.79 Å². The Kier molecular flexibility index (Phi) is 12.9. The van der Waals surface area contributed by atoms with Gasteiger partial charge in [0.25, 0.3) is 0 Å². The molecule has 1 saturated carbocycles. The van der Waals surface area contributed by atoms with Crippen LogP contribution >= 0.6 is 11.6 Å². The van der Waals surface area contributed by atoms with E-state index >= 15 is 0 Å². The van der Waals surface area contributed by atoms with Gasteiger partial charge in [-0.25, -0.2) is 4.79 Å². The molecule has 0 spiro atoms. The fourth-order valence-corrected chi connectivity index (χ4v) is 5.58. The molecule has 224 valence electrons. The smallest absolute Gasteiger partial charge is 0.327 e. The van der Waals surface area contributed by atoms with E-state index in [1.807, 2.05) is 36.4 Å². The molecule has 1 aromatic carbocycles. The molecule has 0 radical (unpaired) electrons. The van der Waals surface area contributed by atoms with Crippen molar-refractivity contribution >= 4 is 23.4 Å². The van der Waals surface area contributed by atoms with Gasteiger partial charge in [0.1, 0.15) is 24.2 Å². The van der Waals surface area contributed by atoms with Gasteiger partial charge in [0.2, 0.25) is 0 Å². The van der Waals surface area contributed by atoms with E-state index in [0.717, 1.165) is 44.6 Å². The van der Waals surface area contributed by atoms with Crippen molar-refractivity contribution in [3.05, 3.63) is 65.7 Å². The average molecular weight is 589 g/mol. The number of ketones is 1. The Balaban J connectivity index is 1.46. The summed E-state index contributed by atoms with van der Waals surface area (Å²) < 4.78 is 30.2. The first-order chi connectivity index (χ1) is 20.0. The molecular weight excluding hydrogens is 548 g/mol. The van der Waals surface area contributed by atoms with E-state index in [1.165, 1.54) is 0 Å². The SMILES string of the molecule is O=C(O)C=CCC=CC[C@H]1[C@@H](OC2CCCCO2)CC(=O)[C@@H]1C=C[C@H](COc1cccc(Cl)c1)OC1CCCCO1. The Bertz CT molecular complexity index is 1060. The Morgan fingerprint density at radius 1 is 1.07 bits per heavy atom. The topological polar surface area (TPSA) is 101 Å². The summed E-state index contributed by atoms with van der Waals surface area (Å²) in [5, 5.41) is 9.39. The molecule has 6 atom stereocenters. The molecule has 3 fully saturated rings. The van der Waals surface area contributed by atoms with Gasteiger partial charge in [0, 0.05) is 42.6 Å². The first kappa shape index (κ1) is 31.4. The standard InChI is InChI=1S/C32H41ClO8/c33-23-10-9-11-24(20-23)39-22-25(40-31-14-5-7-18-37-31)16-17-26-27(12-3-1-2-4-13-30(35)36)29(21-28(26)34)41-32-15-6-8-19-38-32/h1,3-4,9-11,13,16-17,20,25-27,29,31-32H,2,5-8,12,14-15,18-19,21-22H2,(H,35,36)/t25-,26-,27-,29+,31?,32?/m1/s1. The zero-order chi connectivity index (χ0) is 28.9. The minimum atomic E-state index is -0.972. The number of carbonyl (C=O) groups excluding carboxylic acids is 1. The maximum Gasteiger partial charge on any atom is 0.327 e. The van der Waals surface area contributed by atoms with Gasteiger partial charge in [-0.2, -0.15) is 0 Å². The highest BCUT2D eigenvalue weighted by atomic mass is 35.5. The van der Waals surface area contributed by atoms with Crippen molar-refractivity contribution in [2.75, 3.05) is 19.8 Å². The van der Waals surface area contributed by atoms with Crippen molar-refractivity contribution in [2.45, 2.75) is 82.6 Å². The molecule has 8 nitrogen and oxygen atoms in total. The third-order valence-corrected chi connectivity index (χ3v) is 7.73. The largest absolute Gasteiger partial charge is 0.490 e. The summed E-state index contributed by atoms with van der Waals surface area (Å²) in [6, 6.07) is 7.21. The van der Waals surface area contributed by atoms with Crippen LogP contribution < -0.4 is 4.74 Å². The number of benzene rings is 1. The van der Waals surface area contributed by atoms with Crippen LogP contribution in [-0.2, 0) is 28.5 Å². The molecule has 4 rings (SSSR count). The number of ether oxygens (including phenoxy) is 5. The lowest BCUT2D eigenvalue weighted by Gasteiger charge is -2.29. The number of allylic oxidation sites excluding steroid dienone is 4. The second-order valence-electron chi connectivity index (χ2n) is 10.6. The lowest BCUT2D eigenvalue weighted by Crippen LogP contribution is -2.31. The van der Waals surface area contributed by atoms with Gasteiger partial charge >= 0.3 is 5.97 Å². The van der Waals surface area contributed by atoms with E-state index in [2.05, 4.69) is 0 Å². The van der Waals surface area contributed by atoms with Crippen molar-refractivity contribution in [3.8, 4) is 5.75 Å². The summed E-state index contributed by atoms with van der Waals surface area (Å²) in [7, 11) is 0. The number of rotatable bonds is 14. The number of carbonyl (C=O) groups is 2. The minimum absolute atomic E-state index is 0.0793. The second-order valence-corrected chi connectivity index (χ2v) is 11.1. The summed E-state index contributed by atoms with van der Waals surface area (Å²) >= 11 is 6.12. The van der Waals surface area contributed by atoms with E-state index in [4.69, 9.17) is 40.4 Å². The predicted octanol–water partition coefficient (Wildman–Crippen LogP) is 6.28. The third kappa shape index (κ3) is 10.7. The van der Waals surface area contributed by atoms with Crippen LogP contribution in [0.15, 0.2) is 60.7 Å². The fourth-order valence-electron chi connectivity index (χ4n) is 5.40. The fraction of sp³-hybridized carbons (Fsp3) is 0.562. The van der Waals surface area contributed by atoms with E-state index < -0.39 is 12.1 Å². The van der Waals surface area contributed by atoms with Crippen LogP contribution in [-0.4, -0.2) is 61.5 Å². The number of hydrogen-bond donors (Lipinski definition) is 1. The van der Waals surface area contributed by atoms with Gasteiger partial charge < -0.3 is 28.8 Å². The molecular formula is C32H41ClO8. The predicted molar refractivity (Wildman–Crippen MR) is 155 cm³/mol. The van der Waals surface area contributed by atoms with Crippen molar-refractivity contribution < 1.29 is 38.4 Å². The Labute approximate surface area is 247 Å². The average Bonchev–Trinajstić information content (AvgIpc) is 3.26. The summed E-state index contributed by atoms with van der Waals surface area (Å²) in [6.45, 7) is 1.58. The first-order valence-corrected chi connectivity index (χ1v) is 15.0. The monoisotopic (exact) mass is 588 g/mol. The summed E-state index contributed by atoms with van der Waals surface area (Å²) in [5.41, 5.74) is 0. The van der Waals surface area contributed by atoms with Crippen LogP contribution in [0.5, 0.6) is 5.75 Å². The zero-order valence-electron chi connectivity index (χ0n) is 23.4. The van der Waals surface area contributed by atoms with Crippen LogP contribution in [0.4, 0.5) is 0 Å². The third-order valence-electron chi connectivity index (χ3n) is 7.49. The molecule has 2 heterocycles. The first-order valence-electron chi connectivity index (χ1n) is 14.7. The number of hydrogen-bond acceptors (Lipinski definition) is 7. The number of carboxylic acids is 1. The van der Waals surface area contributed by atoms with Crippen LogP contribution in [0.1, 0.15) is 57.8 Å². The normalized spacial score (nSPS) is 28.1. The highest BCUT2D eigenvalue weighted by molar-refractivity contribution is 6.30. The van der Waals surface area contributed by atoms with Crippen molar-refractivity contribution in [1.82, 2.24) is 0 Å². The zero-order valence-corrected chi connectivity index (χ0v) is 24.2. The van der Waals surface area contributed by atoms with Crippen LogP contribution in [0, 0.1) is 11.8 Å². The quantitative estimate of drug-likeness (QED) is 0.200. The van der Waals surface area contributed by atoms with Gasteiger partial charge in [-0.1, -0.05) is 48.0 Å². The molecule has 41 heavy (non-hydrogen) atoms. The van der Waals surface area contributed by atoms with Crippen LogP contribution in [0.2, 0.25) is 5.02 Å². The molecule has 0 aromatic heterocycles. The van der Waals surface area contributed by atoms with Gasteiger partial charge in [0.15, 0.2) is 12.6 Å². The molecule has 2 unspecified atom stereocenters. The molecule has 1 aromatic rings. The molecule has 2 aliphatic heterocycles. The van der Waals surface area contributed by atoms with E-state index in [-0.39, 0.29) is 42.9 Å². The minimum Gasteiger partial charge on any atom is -0.490 e. The lowest BCUT2D eigenvalue weighted by atomic mass is 9.90. The molecule has 3 aliphatic rings. The van der Waals surface area contributed by atoms with Crippen molar-refractivity contribution in [3.63, 3.8) is 0 Å². The molecule has 1 aliphatic carbocycles. The summed E-state index contributed by atoms with van der Waals surface area (Å²) in [4.78, 5) is 24.0. The van der Waals surface area contributed by atoms with Crippen molar-refractivity contribution in [1.29, 1.82) is 0 Å².